The highest BCUT2D eigenvalue weighted by atomic mass is 16.4. The van der Waals surface area contributed by atoms with Gasteiger partial charge in [-0.3, -0.25) is 4.79 Å². The molecule has 0 aliphatic carbocycles. The third-order valence-corrected chi connectivity index (χ3v) is 1.68. The van der Waals surface area contributed by atoms with Gasteiger partial charge in [-0.15, -0.1) is 0 Å². The topological polar surface area (TPSA) is 107 Å². The number of aliphatic hydroxyl groups is 3. The highest BCUT2D eigenvalue weighted by Crippen LogP contribution is 2.01. The minimum absolute atomic E-state index is 0.120. The van der Waals surface area contributed by atoms with E-state index in [1.807, 2.05) is 0 Å². The number of aliphatic hydroxyl groups excluding tert-OH is 3. The number of rotatable bonds is 6. The Hall–Kier alpha value is -0.980. The van der Waals surface area contributed by atoms with Gasteiger partial charge in [-0.25, -0.2) is 0 Å². The highest BCUT2D eigenvalue weighted by Gasteiger charge is 2.20. The second kappa shape index (κ2) is 6.47. The molecule has 1 amide bonds. The van der Waals surface area contributed by atoms with E-state index in [0.717, 1.165) is 0 Å². The Labute approximate surface area is 81.5 Å². The van der Waals surface area contributed by atoms with Gasteiger partial charge in [-0.1, -0.05) is 0 Å². The predicted molar refractivity (Wildman–Crippen MR) is 47.4 cm³/mol. The maximum Gasteiger partial charge on any atom is 0.217 e. The predicted octanol–water partition coefficient (Wildman–Crippen LogP) is -2.21. The fourth-order valence-corrected chi connectivity index (χ4v) is 0.949. The van der Waals surface area contributed by atoms with Crippen molar-refractivity contribution in [2.45, 2.75) is 31.6 Å². The van der Waals surface area contributed by atoms with Crippen LogP contribution in [0.2, 0.25) is 0 Å². The molecule has 0 heterocycles. The van der Waals surface area contributed by atoms with E-state index in [1.165, 1.54) is 6.92 Å². The van der Waals surface area contributed by atoms with Gasteiger partial charge in [-0.05, 0) is 0 Å². The van der Waals surface area contributed by atoms with Crippen LogP contribution in [0.3, 0.4) is 0 Å². The molecule has 82 valence electrons. The normalized spacial score (nSPS) is 16.9. The van der Waals surface area contributed by atoms with Crippen LogP contribution in [0.5, 0.6) is 0 Å². The first-order chi connectivity index (χ1) is 6.51. The zero-order valence-corrected chi connectivity index (χ0v) is 7.88. The largest absolute Gasteiger partial charge is 0.394 e. The zero-order chi connectivity index (χ0) is 11.1. The molecule has 0 fully saturated rings. The van der Waals surface area contributed by atoms with Crippen molar-refractivity contribution in [2.75, 3.05) is 6.61 Å². The van der Waals surface area contributed by atoms with Crippen molar-refractivity contribution >= 4 is 12.2 Å². The van der Waals surface area contributed by atoms with Gasteiger partial charge in [0.1, 0.15) is 12.4 Å². The van der Waals surface area contributed by atoms with E-state index in [9.17, 15) is 14.7 Å². The Morgan fingerprint density at radius 1 is 1.43 bits per heavy atom. The third kappa shape index (κ3) is 4.90. The standard InChI is InChI=1S/C8H15NO5/c1-5(12)9-6(3-10)2-7(13)8(14)4-11/h3,6-8,11,13-14H,2,4H2,1H3,(H,9,12). The van der Waals surface area contributed by atoms with E-state index in [1.54, 1.807) is 0 Å². The number of carbonyl (C=O) groups is 2. The molecule has 0 bridgehead atoms. The summed E-state index contributed by atoms with van der Waals surface area (Å²) in [5.41, 5.74) is 0. The first-order valence-corrected chi connectivity index (χ1v) is 4.20. The molecule has 0 aromatic carbocycles. The Balaban J connectivity index is 4.03. The highest BCUT2D eigenvalue weighted by molar-refractivity contribution is 5.77. The van der Waals surface area contributed by atoms with E-state index in [-0.39, 0.29) is 6.42 Å². The molecular formula is C8H15NO5. The molecule has 0 spiro atoms. The summed E-state index contributed by atoms with van der Waals surface area (Å²) in [5, 5.41) is 29.0. The van der Waals surface area contributed by atoms with Crippen LogP contribution in [0.4, 0.5) is 0 Å². The lowest BCUT2D eigenvalue weighted by Crippen LogP contribution is -2.41. The van der Waals surface area contributed by atoms with Gasteiger partial charge in [0, 0.05) is 13.3 Å². The molecule has 0 saturated heterocycles. The molecule has 6 nitrogen and oxygen atoms in total. The lowest BCUT2D eigenvalue weighted by Gasteiger charge is -2.19. The van der Waals surface area contributed by atoms with Crippen molar-refractivity contribution < 1.29 is 24.9 Å². The quantitative estimate of drug-likeness (QED) is 0.368. The summed E-state index contributed by atoms with van der Waals surface area (Å²) in [7, 11) is 0. The molecule has 6 heteroatoms. The Kier molecular flexibility index (Phi) is 6.02. The van der Waals surface area contributed by atoms with Gasteiger partial charge in [0.15, 0.2) is 0 Å². The minimum atomic E-state index is -1.30. The molecule has 0 rings (SSSR count). The summed E-state index contributed by atoms with van der Waals surface area (Å²) < 4.78 is 0. The molecule has 3 atom stereocenters. The molecule has 0 aliphatic rings. The van der Waals surface area contributed by atoms with E-state index < -0.39 is 30.8 Å². The maximum atomic E-state index is 10.6. The number of aldehydes is 1. The molecule has 14 heavy (non-hydrogen) atoms. The molecule has 0 radical (unpaired) electrons. The summed E-state index contributed by atoms with van der Waals surface area (Å²) in [5.74, 6) is -0.396. The number of amides is 1. The van der Waals surface area contributed by atoms with Gasteiger partial charge in [-0.2, -0.15) is 0 Å². The Morgan fingerprint density at radius 2 is 2.00 bits per heavy atom. The van der Waals surface area contributed by atoms with Gasteiger partial charge < -0.3 is 25.4 Å². The van der Waals surface area contributed by atoms with Crippen LogP contribution in [0, 0.1) is 0 Å². The molecule has 0 aromatic heterocycles. The van der Waals surface area contributed by atoms with E-state index >= 15 is 0 Å². The SMILES string of the molecule is CC(=O)NC(C=O)CC(O)C(O)CO. The van der Waals surface area contributed by atoms with Crippen molar-refractivity contribution in [2.24, 2.45) is 0 Å². The first-order valence-electron chi connectivity index (χ1n) is 4.20. The number of nitrogens with one attached hydrogen (secondary N) is 1. The van der Waals surface area contributed by atoms with Crippen molar-refractivity contribution in [3.63, 3.8) is 0 Å². The third-order valence-electron chi connectivity index (χ3n) is 1.68. The van der Waals surface area contributed by atoms with Crippen LogP contribution in [-0.2, 0) is 9.59 Å². The van der Waals surface area contributed by atoms with Crippen molar-refractivity contribution in [1.82, 2.24) is 5.32 Å². The molecule has 4 N–H and O–H groups in total. The second-order valence-electron chi connectivity index (χ2n) is 3.00. The molecule has 0 aliphatic heterocycles. The van der Waals surface area contributed by atoms with Gasteiger partial charge in [0.2, 0.25) is 5.91 Å². The van der Waals surface area contributed by atoms with Crippen LogP contribution in [-0.4, -0.2) is 52.4 Å². The van der Waals surface area contributed by atoms with Gasteiger partial charge >= 0.3 is 0 Å². The van der Waals surface area contributed by atoms with Crippen molar-refractivity contribution in [3.8, 4) is 0 Å². The van der Waals surface area contributed by atoms with E-state index in [2.05, 4.69) is 5.32 Å². The number of hydrogen-bond acceptors (Lipinski definition) is 5. The molecule has 3 unspecified atom stereocenters. The first kappa shape index (κ1) is 13.0. The summed E-state index contributed by atoms with van der Waals surface area (Å²) in [6, 6.07) is -0.844. The van der Waals surface area contributed by atoms with Crippen LogP contribution in [0.1, 0.15) is 13.3 Å². The smallest absolute Gasteiger partial charge is 0.217 e. The summed E-state index contributed by atoms with van der Waals surface area (Å²) in [6.45, 7) is 0.651. The molecule has 0 aromatic rings. The second-order valence-corrected chi connectivity index (χ2v) is 3.00. The van der Waals surface area contributed by atoms with Gasteiger partial charge in [0.05, 0.1) is 18.8 Å². The monoisotopic (exact) mass is 205 g/mol. The van der Waals surface area contributed by atoms with Crippen molar-refractivity contribution in [1.29, 1.82) is 0 Å². The van der Waals surface area contributed by atoms with E-state index in [0.29, 0.717) is 6.29 Å². The van der Waals surface area contributed by atoms with Gasteiger partial charge in [0.25, 0.3) is 0 Å². The average Bonchev–Trinajstić information content (AvgIpc) is 2.14. The fourth-order valence-electron chi connectivity index (χ4n) is 0.949. The van der Waals surface area contributed by atoms with Crippen LogP contribution in [0.15, 0.2) is 0 Å². The van der Waals surface area contributed by atoms with Crippen molar-refractivity contribution in [3.05, 3.63) is 0 Å². The summed E-state index contributed by atoms with van der Waals surface area (Å²) in [6.07, 6.45) is -2.19. The lowest BCUT2D eigenvalue weighted by atomic mass is 10.1. The average molecular weight is 205 g/mol. The summed E-state index contributed by atoms with van der Waals surface area (Å²) in [4.78, 5) is 21.0. The number of carbonyl (C=O) groups excluding carboxylic acids is 2. The fraction of sp³-hybridized carbons (Fsp3) is 0.750. The number of hydrogen-bond donors (Lipinski definition) is 4. The van der Waals surface area contributed by atoms with Crippen LogP contribution >= 0.6 is 0 Å². The zero-order valence-electron chi connectivity index (χ0n) is 7.88. The van der Waals surface area contributed by atoms with Crippen LogP contribution in [0.25, 0.3) is 0 Å². The lowest BCUT2D eigenvalue weighted by molar-refractivity contribution is -0.123. The van der Waals surface area contributed by atoms with E-state index in [4.69, 9.17) is 10.2 Å². The minimum Gasteiger partial charge on any atom is -0.394 e. The Morgan fingerprint density at radius 3 is 2.36 bits per heavy atom. The summed E-state index contributed by atoms with van der Waals surface area (Å²) >= 11 is 0. The molecule has 0 saturated carbocycles. The van der Waals surface area contributed by atoms with Crippen LogP contribution < -0.4 is 5.32 Å². The maximum absolute atomic E-state index is 10.6. The molecular weight excluding hydrogens is 190 g/mol. The Bertz CT molecular complexity index is 196.